The number of fused-ring (bicyclic) bond motifs is 3. The predicted octanol–water partition coefficient (Wildman–Crippen LogP) is 4.82. The highest BCUT2D eigenvalue weighted by atomic mass is 32.2. The summed E-state index contributed by atoms with van der Waals surface area (Å²) < 4.78 is 12.5. The third-order valence-electron chi connectivity index (χ3n) is 7.23. The Balaban J connectivity index is 1.60. The molecular weight excluding hydrogens is 568 g/mol. The van der Waals surface area contributed by atoms with E-state index < -0.39 is 40.8 Å². The maximum atomic E-state index is 14.0. The van der Waals surface area contributed by atoms with Crippen molar-refractivity contribution in [1.82, 2.24) is 14.9 Å². The second kappa shape index (κ2) is 11.8. The van der Waals surface area contributed by atoms with Crippen molar-refractivity contribution in [2.45, 2.75) is 75.9 Å². The molecule has 2 unspecified atom stereocenters. The van der Waals surface area contributed by atoms with Gasteiger partial charge in [-0.15, -0.1) is 11.8 Å². The fraction of sp³-hybridized carbons (Fsp3) is 0.375. The van der Waals surface area contributed by atoms with E-state index in [9.17, 15) is 19.2 Å². The van der Waals surface area contributed by atoms with Gasteiger partial charge in [-0.2, -0.15) is 0 Å². The van der Waals surface area contributed by atoms with Crippen molar-refractivity contribution in [2.75, 3.05) is 11.7 Å². The number of carbonyl (C=O) groups excluding carboxylic acids is 3. The standard InChI is InChI=1S/C32H36N4O6S/c1-19(2)34-18-36(26-22-12-8-7-11-21(22)17-43-25-14-10-9-13-23(25)26)35-16-15-24(37)28(27(35)29(34)38)41-30(39)20(3)33-31(40)42-32(4,5)6/h7-16,19-20,26H,17-18H2,1-6H3,(H,33,40). The molecule has 0 fully saturated rings. The smallest absolute Gasteiger partial charge is 0.408 e. The molecule has 1 aromatic heterocycles. The number of nitrogens with zero attached hydrogens (tertiary/aromatic N) is 3. The van der Waals surface area contributed by atoms with E-state index in [0.29, 0.717) is 0 Å². The number of ether oxygens (including phenoxy) is 2. The summed E-state index contributed by atoms with van der Waals surface area (Å²) in [7, 11) is 0. The highest BCUT2D eigenvalue weighted by molar-refractivity contribution is 7.98. The zero-order chi connectivity index (χ0) is 31.1. The number of amides is 2. The Labute approximate surface area is 254 Å². The molecule has 2 aliphatic heterocycles. The molecule has 10 nitrogen and oxygen atoms in total. The number of benzene rings is 2. The number of aromatic nitrogens is 1. The van der Waals surface area contributed by atoms with Crippen LogP contribution >= 0.6 is 11.8 Å². The molecule has 0 bridgehead atoms. The van der Waals surface area contributed by atoms with Gasteiger partial charge in [0, 0.05) is 29.0 Å². The lowest BCUT2D eigenvalue weighted by molar-refractivity contribution is -0.136. The number of pyridine rings is 1. The summed E-state index contributed by atoms with van der Waals surface area (Å²) in [6.45, 7) is 10.6. The molecule has 0 spiro atoms. The fourth-order valence-corrected chi connectivity index (χ4v) is 6.29. The fourth-order valence-electron chi connectivity index (χ4n) is 5.19. The van der Waals surface area contributed by atoms with Crippen molar-refractivity contribution in [2.24, 2.45) is 0 Å². The van der Waals surface area contributed by atoms with Crippen molar-refractivity contribution in [3.05, 3.63) is 93.4 Å². The maximum absolute atomic E-state index is 14.0. The van der Waals surface area contributed by atoms with Crippen molar-refractivity contribution in [3.63, 3.8) is 0 Å². The molecule has 2 aliphatic rings. The first-order chi connectivity index (χ1) is 20.4. The van der Waals surface area contributed by atoms with Gasteiger partial charge in [0.2, 0.25) is 11.2 Å². The van der Waals surface area contributed by atoms with Gasteiger partial charge in [-0.05, 0) is 64.3 Å². The zero-order valence-electron chi connectivity index (χ0n) is 25.1. The number of hydrogen-bond acceptors (Lipinski definition) is 8. The molecule has 43 heavy (non-hydrogen) atoms. The largest absolute Gasteiger partial charge is 0.444 e. The first-order valence-electron chi connectivity index (χ1n) is 14.2. The third kappa shape index (κ3) is 6.13. The van der Waals surface area contributed by atoms with Crippen LogP contribution in [0.1, 0.15) is 74.8 Å². The van der Waals surface area contributed by atoms with Crippen molar-refractivity contribution in [1.29, 1.82) is 0 Å². The summed E-state index contributed by atoms with van der Waals surface area (Å²) in [4.78, 5) is 55.4. The van der Waals surface area contributed by atoms with Crippen LogP contribution in [-0.2, 0) is 15.3 Å². The summed E-state index contributed by atoms with van der Waals surface area (Å²) in [5.74, 6) is -0.953. The first kappa shape index (κ1) is 30.2. The quantitative estimate of drug-likeness (QED) is 0.413. The second-order valence-corrected chi connectivity index (χ2v) is 12.9. The van der Waals surface area contributed by atoms with Crippen LogP contribution in [0, 0.1) is 0 Å². The Morgan fingerprint density at radius 1 is 0.977 bits per heavy atom. The summed E-state index contributed by atoms with van der Waals surface area (Å²) in [6, 6.07) is 16.0. The number of thioether (sulfide) groups is 1. The number of carbonyl (C=O) groups is 3. The SMILES string of the molecule is CC(NC(=O)OC(C)(C)C)C(=O)Oc1c2n(ccc1=O)N(C1c3ccccc3CSc3ccccc31)CN(C(C)C)C2=O. The number of hydrogen-bond donors (Lipinski definition) is 1. The Morgan fingerprint density at radius 2 is 1.65 bits per heavy atom. The molecule has 5 rings (SSSR count). The average molecular weight is 605 g/mol. The topological polar surface area (TPSA) is 110 Å². The lowest BCUT2D eigenvalue weighted by Gasteiger charge is -2.45. The first-order valence-corrected chi connectivity index (χ1v) is 15.2. The molecule has 226 valence electrons. The van der Waals surface area contributed by atoms with Gasteiger partial charge in [0.1, 0.15) is 18.3 Å². The lowest BCUT2D eigenvalue weighted by atomic mass is 9.94. The molecule has 2 aromatic carbocycles. The molecule has 2 atom stereocenters. The Morgan fingerprint density at radius 3 is 2.35 bits per heavy atom. The van der Waals surface area contributed by atoms with Gasteiger partial charge in [0.15, 0.2) is 5.69 Å². The van der Waals surface area contributed by atoms with Gasteiger partial charge >= 0.3 is 12.1 Å². The van der Waals surface area contributed by atoms with E-state index in [1.165, 1.54) is 13.0 Å². The van der Waals surface area contributed by atoms with Crippen molar-refractivity contribution >= 4 is 29.7 Å². The molecule has 1 N–H and O–H groups in total. The van der Waals surface area contributed by atoms with Gasteiger partial charge in [0.25, 0.3) is 5.91 Å². The van der Waals surface area contributed by atoms with Crippen LogP contribution in [0.5, 0.6) is 5.75 Å². The van der Waals surface area contributed by atoms with Crippen LogP contribution in [0.3, 0.4) is 0 Å². The molecule has 0 radical (unpaired) electrons. The zero-order valence-corrected chi connectivity index (χ0v) is 25.9. The third-order valence-corrected chi connectivity index (χ3v) is 8.37. The monoisotopic (exact) mass is 604 g/mol. The van der Waals surface area contributed by atoms with Gasteiger partial charge in [0.05, 0.1) is 6.04 Å². The molecule has 0 aliphatic carbocycles. The summed E-state index contributed by atoms with van der Waals surface area (Å²) in [5, 5.41) is 4.46. The molecule has 3 heterocycles. The minimum Gasteiger partial charge on any atom is -0.444 e. The van der Waals surface area contributed by atoms with Crippen LogP contribution in [0.4, 0.5) is 4.79 Å². The highest BCUT2D eigenvalue weighted by Crippen LogP contribution is 2.43. The molecular formula is C32H36N4O6S. The van der Waals surface area contributed by atoms with Crippen molar-refractivity contribution in [3.8, 4) is 5.75 Å². The molecule has 0 saturated heterocycles. The van der Waals surface area contributed by atoms with Gasteiger partial charge in [-0.1, -0.05) is 42.5 Å². The number of nitrogens with one attached hydrogen (secondary N) is 1. The van der Waals surface area contributed by atoms with Crippen LogP contribution in [-0.4, -0.2) is 51.9 Å². The van der Waals surface area contributed by atoms with Gasteiger partial charge < -0.3 is 19.7 Å². The number of rotatable bonds is 5. The summed E-state index contributed by atoms with van der Waals surface area (Å²) in [6.07, 6.45) is 0.747. The Bertz CT molecular complexity index is 1580. The van der Waals surface area contributed by atoms with E-state index in [0.717, 1.165) is 27.3 Å². The molecule has 2 amide bonds. The van der Waals surface area contributed by atoms with Crippen LogP contribution in [0.25, 0.3) is 0 Å². The van der Waals surface area contributed by atoms with E-state index in [1.807, 2.05) is 43.1 Å². The molecule has 11 heteroatoms. The molecule has 3 aromatic rings. The van der Waals surface area contributed by atoms with E-state index >= 15 is 0 Å². The Kier molecular flexibility index (Phi) is 8.29. The second-order valence-electron chi connectivity index (χ2n) is 11.9. The molecule has 0 saturated carbocycles. The average Bonchev–Trinajstić information content (AvgIpc) is 3.10. The minimum absolute atomic E-state index is 0.0582. The van der Waals surface area contributed by atoms with Crippen molar-refractivity contribution < 1.29 is 23.9 Å². The van der Waals surface area contributed by atoms with Gasteiger partial charge in [-0.3, -0.25) is 19.3 Å². The van der Waals surface area contributed by atoms with E-state index in [-0.39, 0.29) is 24.4 Å². The van der Waals surface area contributed by atoms with Gasteiger partial charge in [-0.25, -0.2) is 9.59 Å². The predicted molar refractivity (Wildman–Crippen MR) is 164 cm³/mol. The summed E-state index contributed by atoms with van der Waals surface area (Å²) >= 11 is 1.75. The van der Waals surface area contributed by atoms with Crippen LogP contribution in [0.15, 0.2) is 70.5 Å². The van der Waals surface area contributed by atoms with Crippen LogP contribution < -0.4 is 20.5 Å². The maximum Gasteiger partial charge on any atom is 0.408 e. The lowest BCUT2D eigenvalue weighted by Crippen LogP contribution is -2.57. The van der Waals surface area contributed by atoms with Crippen LogP contribution in [0.2, 0.25) is 0 Å². The minimum atomic E-state index is -1.15. The highest BCUT2D eigenvalue weighted by Gasteiger charge is 2.40. The summed E-state index contributed by atoms with van der Waals surface area (Å²) in [5.41, 5.74) is 1.86. The number of alkyl carbamates (subject to hydrolysis) is 1. The van der Waals surface area contributed by atoms with E-state index in [2.05, 4.69) is 29.6 Å². The Hall–Kier alpha value is -4.25. The van der Waals surface area contributed by atoms with E-state index in [1.54, 1.807) is 48.3 Å². The van der Waals surface area contributed by atoms with E-state index in [4.69, 9.17) is 9.47 Å². The normalized spacial score (nSPS) is 16.9. The number of esters is 1.